The Morgan fingerprint density at radius 1 is 1.36 bits per heavy atom. The summed E-state index contributed by atoms with van der Waals surface area (Å²) < 4.78 is 10.8. The first-order valence-electron chi connectivity index (χ1n) is 8.04. The molecule has 0 bridgehead atoms. The molecule has 2 aromatic rings. The molecule has 0 saturated carbocycles. The second kappa shape index (κ2) is 7.83. The van der Waals surface area contributed by atoms with Gasteiger partial charge >= 0.3 is 11.6 Å². The van der Waals surface area contributed by atoms with Gasteiger partial charge in [0, 0.05) is 17.0 Å². The number of aliphatic carboxylic acids is 1. The van der Waals surface area contributed by atoms with Crippen molar-refractivity contribution in [2.24, 2.45) is 0 Å². The van der Waals surface area contributed by atoms with Crippen molar-refractivity contribution in [2.75, 3.05) is 6.61 Å². The van der Waals surface area contributed by atoms with Crippen molar-refractivity contribution < 1.29 is 23.8 Å². The van der Waals surface area contributed by atoms with Gasteiger partial charge in [-0.05, 0) is 38.0 Å². The zero-order valence-electron chi connectivity index (χ0n) is 14.4. The topological polar surface area (TPSA) is 106 Å². The highest BCUT2D eigenvalue weighted by atomic mass is 16.5. The van der Waals surface area contributed by atoms with Gasteiger partial charge in [-0.1, -0.05) is 13.3 Å². The third kappa shape index (κ3) is 4.37. The van der Waals surface area contributed by atoms with E-state index in [2.05, 4.69) is 5.32 Å². The van der Waals surface area contributed by atoms with Gasteiger partial charge in [-0.25, -0.2) is 4.79 Å². The first-order valence-corrected chi connectivity index (χ1v) is 8.04. The highest BCUT2D eigenvalue weighted by Gasteiger charge is 2.16. The van der Waals surface area contributed by atoms with Gasteiger partial charge in [0.25, 0.3) is 5.91 Å². The number of carboxylic acid groups (broad SMARTS) is 1. The van der Waals surface area contributed by atoms with Crippen molar-refractivity contribution in [1.29, 1.82) is 0 Å². The van der Waals surface area contributed by atoms with Crippen molar-refractivity contribution in [2.45, 2.75) is 39.7 Å². The van der Waals surface area contributed by atoms with Gasteiger partial charge in [0.05, 0.1) is 0 Å². The molecule has 1 aromatic heterocycles. The van der Waals surface area contributed by atoms with Crippen LogP contribution in [0.5, 0.6) is 5.75 Å². The van der Waals surface area contributed by atoms with Gasteiger partial charge < -0.3 is 19.6 Å². The van der Waals surface area contributed by atoms with Crippen molar-refractivity contribution in [1.82, 2.24) is 5.32 Å². The molecule has 0 aliphatic carbocycles. The molecular weight excluding hydrogens is 326 g/mol. The van der Waals surface area contributed by atoms with Crippen molar-refractivity contribution in [3.8, 4) is 5.75 Å². The van der Waals surface area contributed by atoms with Crippen LogP contribution in [-0.2, 0) is 16.0 Å². The quantitative estimate of drug-likeness (QED) is 0.742. The van der Waals surface area contributed by atoms with Gasteiger partial charge in [-0.15, -0.1) is 0 Å². The Kier molecular flexibility index (Phi) is 5.80. The molecular formula is C18H21NO6. The Morgan fingerprint density at radius 3 is 2.72 bits per heavy atom. The van der Waals surface area contributed by atoms with E-state index in [-0.39, 0.29) is 6.61 Å². The Hall–Kier alpha value is -2.83. The third-order valence-corrected chi connectivity index (χ3v) is 3.82. The standard InChI is InChI=1S/C18H21NO6/c1-4-5-12-8-16(21)25-17-10(2)14(7-6-13(12)17)24-9-15(20)19-11(3)18(22)23/h6-8,11H,4-5,9H2,1-3H3,(H,19,20)(H,22,23). The van der Waals surface area contributed by atoms with Gasteiger partial charge in [0.2, 0.25) is 0 Å². The Morgan fingerprint density at radius 2 is 2.08 bits per heavy atom. The summed E-state index contributed by atoms with van der Waals surface area (Å²) in [7, 11) is 0. The molecule has 0 aliphatic heterocycles. The van der Waals surface area contributed by atoms with Crippen molar-refractivity contribution in [3.05, 3.63) is 39.7 Å². The molecule has 7 heteroatoms. The molecule has 2 N–H and O–H groups in total. The minimum Gasteiger partial charge on any atom is -0.483 e. The SMILES string of the molecule is CCCc1cc(=O)oc2c(C)c(OCC(=O)NC(C)C(=O)O)ccc12. The highest BCUT2D eigenvalue weighted by molar-refractivity contribution is 5.86. The molecule has 25 heavy (non-hydrogen) atoms. The number of carbonyl (C=O) groups is 2. The Balaban J connectivity index is 2.23. The van der Waals surface area contributed by atoms with Gasteiger partial charge in [-0.3, -0.25) is 9.59 Å². The summed E-state index contributed by atoms with van der Waals surface area (Å²) in [5, 5.41) is 11.9. The molecule has 0 aliphatic rings. The van der Waals surface area contributed by atoms with E-state index < -0.39 is 23.5 Å². The number of rotatable bonds is 7. The normalized spacial score (nSPS) is 12.0. The molecule has 0 saturated heterocycles. The molecule has 1 heterocycles. The summed E-state index contributed by atoms with van der Waals surface area (Å²) in [6, 6.07) is 4.00. The first kappa shape index (κ1) is 18.5. The lowest BCUT2D eigenvalue weighted by Gasteiger charge is -2.13. The molecule has 0 spiro atoms. The first-order chi connectivity index (χ1) is 11.8. The summed E-state index contributed by atoms with van der Waals surface area (Å²) in [6.07, 6.45) is 1.66. The fourth-order valence-electron chi connectivity index (χ4n) is 2.53. The second-order valence-electron chi connectivity index (χ2n) is 5.82. The number of benzene rings is 1. The van der Waals surface area contributed by atoms with E-state index in [1.807, 2.05) is 6.92 Å². The van der Waals surface area contributed by atoms with Crippen LogP contribution in [0.3, 0.4) is 0 Å². The van der Waals surface area contributed by atoms with Crippen molar-refractivity contribution >= 4 is 22.8 Å². The maximum atomic E-state index is 11.8. The summed E-state index contributed by atoms with van der Waals surface area (Å²) in [4.78, 5) is 34.2. The maximum absolute atomic E-state index is 11.8. The average Bonchev–Trinajstić information content (AvgIpc) is 2.55. The number of aryl methyl sites for hydroxylation is 2. The molecule has 7 nitrogen and oxygen atoms in total. The lowest BCUT2D eigenvalue weighted by molar-refractivity contribution is -0.141. The van der Waals surface area contributed by atoms with Crippen LogP contribution in [0, 0.1) is 6.92 Å². The smallest absolute Gasteiger partial charge is 0.336 e. The molecule has 1 unspecified atom stereocenters. The number of amides is 1. The Labute approximate surface area is 144 Å². The molecule has 0 fully saturated rings. The summed E-state index contributed by atoms with van der Waals surface area (Å²) in [5.74, 6) is -1.27. The molecule has 1 atom stereocenters. The van der Waals surface area contributed by atoms with Crippen LogP contribution in [0.4, 0.5) is 0 Å². The van der Waals surface area contributed by atoms with Crippen LogP contribution >= 0.6 is 0 Å². The lowest BCUT2D eigenvalue weighted by Crippen LogP contribution is -2.40. The van der Waals surface area contributed by atoms with Crippen LogP contribution in [0.15, 0.2) is 27.4 Å². The molecule has 2 rings (SSSR count). The van der Waals surface area contributed by atoms with Gasteiger partial charge in [0.15, 0.2) is 6.61 Å². The molecule has 1 amide bonds. The van der Waals surface area contributed by atoms with Crippen LogP contribution in [0.1, 0.15) is 31.4 Å². The van der Waals surface area contributed by atoms with E-state index in [0.29, 0.717) is 16.9 Å². The minimum absolute atomic E-state index is 0.331. The lowest BCUT2D eigenvalue weighted by atomic mass is 10.0. The predicted molar refractivity (Wildman–Crippen MR) is 92.0 cm³/mol. The summed E-state index contributed by atoms with van der Waals surface area (Å²) in [6.45, 7) is 4.81. The monoisotopic (exact) mass is 347 g/mol. The molecule has 134 valence electrons. The fraction of sp³-hybridized carbons (Fsp3) is 0.389. The zero-order valence-corrected chi connectivity index (χ0v) is 14.4. The number of carboxylic acids is 1. The van der Waals surface area contributed by atoms with Gasteiger partial charge in [-0.2, -0.15) is 0 Å². The van der Waals surface area contributed by atoms with Crippen LogP contribution in [-0.4, -0.2) is 29.6 Å². The van der Waals surface area contributed by atoms with Crippen LogP contribution < -0.4 is 15.7 Å². The maximum Gasteiger partial charge on any atom is 0.336 e. The summed E-state index contributed by atoms with van der Waals surface area (Å²) in [5.41, 5.74) is 1.54. The van der Waals surface area contributed by atoms with Crippen LogP contribution in [0.25, 0.3) is 11.0 Å². The fourth-order valence-corrected chi connectivity index (χ4v) is 2.53. The molecule has 1 aromatic carbocycles. The highest BCUT2D eigenvalue weighted by Crippen LogP contribution is 2.28. The molecule has 0 radical (unpaired) electrons. The van der Waals surface area contributed by atoms with Gasteiger partial charge in [0.1, 0.15) is 17.4 Å². The van der Waals surface area contributed by atoms with Crippen molar-refractivity contribution in [3.63, 3.8) is 0 Å². The number of nitrogens with one attached hydrogen (secondary N) is 1. The minimum atomic E-state index is -1.12. The third-order valence-electron chi connectivity index (χ3n) is 3.82. The number of fused-ring (bicyclic) bond motifs is 1. The number of hydrogen-bond acceptors (Lipinski definition) is 5. The summed E-state index contributed by atoms with van der Waals surface area (Å²) >= 11 is 0. The van der Waals surface area contributed by atoms with E-state index in [0.717, 1.165) is 23.8 Å². The number of ether oxygens (including phenoxy) is 1. The van der Waals surface area contributed by atoms with E-state index in [9.17, 15) is 14.4 Å². The average molecular weight is 347 g/mol. The van der Waals surface area contributed by atoms with E-state index in [4.69, 9.17) is 14.3 Å². The predicted octanol–water partition coefficient (Wildman–Crippen LogP) is 2.02. The Bertz CT molecular complexity index is 855. The zero-order chi connectivity index (χ0) is 18.6. The number of hydrogen-bond donors (Lipinski definition) is 2. The number of carbonyl (C=O) groups excluding carboxylic acids is 1. The van der Waals surface area contributed by atoms with E-state index in [1.165, 1.54) is 13.0 Å². The van der Waals surface area contributed by atoms with E-state index in [1.54, 1.807) is 19.1 Å². The van der Waals surface area contributed by atoms with E-state index >= 15 is 0 Å². The van der Waals surface area contributed by atoms with Crippen LogP contribution in [0.2, 0.25) is 0 Å². The largest absolute Gasteiger partial charge is 0.483 e. The second-order valence-corrected chi connectivity index (χ2v) is 5.82.